The van der Waals surface area contributed by atoms with Crippen LogP contribution in [0.4, 0.5) is 0 Å². The maximum atomic E-state index is 12.3. The molecule has 1 aliphatic carbocycles. The molecule has 1 heterocycles. The van der Waals surface area contributed by atoms with E-state index in [0.717, 1.165) is 18.4 Å². The van der Waals surface area contributed by atoms with Gasteiger partial charge in [-0.25, -0.2) is 0 Å². The van der Waals surface area contributed by atoms with Crippen LogP contribution in [0.25, 0.3) is 0 Å². The Bertz CT molecular complexity index is 388. The van der Waals surface area contributed by atoms with Crippen molar-refractivity contribution in [3.05, 3.63) is 30.1 Å². The number of rotatable bonds is 6. The van der Waals surface area contributed by atoms with Crippen molar-refractivity contribution in [3.63, 3.8) is 0 Å². The molecule has 0 radical (unpaired) electrons. The van der Waals surface area contributed by atoms with E-state index in [0.29, 0.717) is 12.6 Å². The number of carbonyl (C=O) groups excluding carboxylic acids is 1. The first-order valence-electron chi connectivity index (χ1n) is 6.18. The van der Waals surface area contributed by atoms with Crippen LogP contribution in [0.3, 0.4) is 0 Å². The van der Waals surface area contributed by atoms with Gasteiger partial charge < -0.3 is 15.4 Å². The van der Waals surface area contributed by atoms with Crippen LogP contribution in [-0.2, 0) is 16.1 Å². The molecule has 0 saturated heterocycles. The van der Waals surface area contributed by atoms with Crippen molar-refractivity contribution in [1.29, 1.82) is 0 Å². The molecule has 0 aromatic carbocycles. The Balaban J connectivity index is 2.06. The molecular formula is C13H19N3O2. The van der Waals surface area contributed by atoms with Crippen molar-refractivity contribution in [2.24, 2.45) is 5.73 Å². The van der Waals surface area contributed by atoms with Crippen LogP contribution >= 0.6 is 0 Å². The number of nitrogens with two attached hydrogens (primary N) is 1. The minimum absolute atomic E-state index is 0.0219. The van der Waals surface area contributed by atoms with Gasteiger partial charge in [0.25, 0.3) is 5.91 Å². The second kappa shape index (κ2) is 5.93. The van der Waals surface area contributed by atoms with Crippen molar-refractivity contribution < 1.29 is 9.53 Å². The summed E-state index contributed by atoms with van der Waals surface area (Å²) < 4.78 is 5.13. The highest BCUT2D eigenvalue weighted by molar-refractivity contribution is 5.81. The first-order valence-corrected chi connectivity index (χ1v) is 6.18. The summed E-state index contributed by atoms with van der Waals surface area (Å²) in [4.78, 5) is 18.2. The highest BCUT2D eigenvalue weighted by atomic mass is 16.5. The lowest BCUT2D eigenvalue weighted by Crippen LogP contribution is -2.44. The van der Waals surface area contributed by atoms with E-state index in [4.69, 9.17) is 10.5 Å². The number of aromatic nitrogens is 1. The molecule has 18 heavy (non-hydrogen) atoms. The summed E-state index contributed by atoms with van der Waals surface area (Å²) in [6.07, 6.45) is 5.10. The van der Waals surface area contributed by atoms with Gasteiger partial charge in [-0.1, -0.05) is 6.07 Å². The number of ether oxygens (including phenoxy) is 1. The van der Waals surface area contributed by atoms with Gasteiger partial charge in [0.15, 0.2) is 0 Å². The van der Waals surface area contributed by atoms with Crippen molar-refractivity contribution in [2.45, 2.75) is 31.5 Å². The Labute approximate surface area is 107 Å². The first-order chi connectivity index (χ1) is 8.76. The average Bonchev–Trinajstić information content (AvgIpc) is 3.23. The molecule has 1 fully saturated rings. The minimum Gasteiger partial charge on any atom is -0.370 e. The van der Waals surface area contributed by atoms with E-state index in [1.807, 2.05) is 17.0 Å². The molecule has 0 spiro atoms. The lowest BCUT2D eigenvalue weighted by molar-refractivity contribution is -0.142. The monoisotopic (exact) mass is 249 g/mol. The van der Waals surface area contributed by atoms with Crippen molar-refractivity contribution >= 4 is 5.91 Å². The second-order valence-electron chi connectivity index (χ2n) is 4.52. The van der Waals surface area contributed by atoms with E-state index in [1.165, 1.54) is 7.11 Å². The van der Waals surface area contributed by atoms with Crippen LogP contribution in [0, 0.1) is 0 Å². The van der Waals surface area contributed by atoms with Gasteiger partial charge in [-0.2, -0.15) is 0 Å². The molecule has 1 aromatic heterocycles. The molecule has 5 heteroatoms. The fourth-order valence-corrected chi connectivity index (χ4v) is 1.94. The SMILES string of the molecule is COC(CN)C(=O)N(Cc1cccnc1)C1CC1. The number of methoxy groups -OCH3 is 1. The van der Waals surface area contributed by atoms with E-state index < -0.39 is 6.10 Å². The molecular weight excluding hydrogens is 230 g/mol. The summed E-state index contributed by atoms with van der Waals surface area (Å²) in [6, 6.07) is 4.18. The third-order valence-electron chi connectivity index (χ3n) is 3.12. The van der Waals surface area contributed by atoms with Crippen molar-refractivity contribution in [2.75, 3.05) is 13.7 Å². The summed E-state index contributed by atoms with van der Waals surface area (Å²) in [5.41, 5.74) is 6.58. The smallest absolute Gasteiger partial charge is 0.253 e. The minimum atomic E-state index is -0.540. The largest absolute Gasteiger partial charge is 0.370 e. The number of carbonyl (C=O) groups is 1. The van der Waals surface area contributed by atoms with Gasteiger partial charge in [0.2, 0.25) is 0 Å². The van der Waals surface area contributed by atoms with E-state index in [-0.39, 0.29) is 12.5 Å². The Morgan fingerprint density at radius 3 is 2.94 bits per heavy atom. The molecule has 0 aliphatic heterocycles. The van der Waals surface area contributed by atoms with Crippen LogP contribution in [0.15, 0.2) is 24.5 Å². The fourth-order valence-electron chi connectivity index (χ4n) is 1.94. The highest BCUT2D eigenvalue weighted by Crippen LogP contribution is 2.29. The average molecular weight is 249 g/mol. The molecule has 1 amide bonds. The zero-order valence-electron chi connectivity index (χ0n) is 10.6. The Kier molecular flexibility index (Phi) is 4.28. The zero-order chi connectivity index (χ0) is 13.0. The standard InChI is InChI=1S/C13H19N3O2/c1-18-12(7-14)13(17)16(11-4-5-11)9-10-3-2-6-15-8-10/h2-3,6,8,11-12H,4-5,7,9,14H2,1H3. The van der Waals surface area contributed by atoms with Crippen LogP contribution in [-0.4, -0.2) is 41.6 Å². The zero-order valence-corrected chi connectivity index (χ0v) is 10.6. The van der Waals surface area contributed by atoms with Gasteiger partial charge >= 0.3 is 0 Å². The Hall–Kier alpha value is -1.46. The fraction of sp³-hybridized carbons (Fsp3) is 0.538. The summed E-state index contributed by atoms with van der Waals surface area (Å²) in [7, 11) is 1.52. The van der Waals surface area contributed by atoms with Gasteiger partial charge in [0, 0.05) is 38.6 Å². The lowest BCUT2D eigenvalue weighted by atomic mass is 10.2. The molecule has 1 aromatic rings. The molecule has 2 rings (SSSR count). The maximum absolute atomic E-state index is 12.3. The molecule has 2 N–H and O–H groups in total. The number of amides is 1. The highest BCUT2D eigenvalue weighted by Gasteiger charge is 2.35. The predicted molar refractivity (Wildman–Crippen MR) is 67.7 cm³/mol. The predicted octanol–water partition coefficient (Wildman–Crippen LogP) is 0.546. The van der Waals surface area contributed by atoms with Gasteiger partial charge in [-0.15, -0.1) is 0 Å². The number of nitrogens with zero attached hydrogens (tertiary/aromatic N) is 2. The molecule has 5 nitrogen and oxygen atoms in total. The van der Waals surface area contributed by atoms with Crippen molar-refractivity contribution in [3.8, 4) is 0 Å². The van der Waals surface area contributed by atoms with E-state index in [1.54, 1.807) is 12.4 Å². The van der Waals surface area contributed by atoms with Crippen LogP contribution in [0.5, 0.6) is 0 Å². The van der Waals surface area contributed by atoms with Gasteiger partial charge in [-0.05, 0) is 24.5 Å². The quantitative estimate of drug-likeness (QED) is 0.799. The molecule has 0 bridgehead atoms. The molecule has 1 saturated carbocycles. The normalized spacial score (nSPS) is 16.3. The Morgan fingerprint density at radius 1 is 1.67 bits per heavy atom. The third kappa shape index (κ3) is 3.05. The maximum Gasteiger partial charge on any atom is 0.253 e. The van der Waals surface area contributed by atoms with Gasteiger partial charge in [0.1, 0.15) is 6.10 Å². The van der Waals surface area contributed by atoms with Gasteiger partial charge in [0.05, 0.1) is 0 Å². The lowest BCUT2D eigenvalue weighted by Gasteiger charge is -2.26. The summed E-state index contributed by atoms with van der Waals surface area (Å²) in [6.45, 7) is 0.794. The van der Waals surface area contributed by atoms with E-state index in [2.05, 4.69) is 4.98 Å². The molecule has 1 unspecified atom stereocenters. The summed E-state index contributed by atoms with van der Waals surface area (Å²) >= 11 is 0. The molecule has 1 aliphatic rings. The van der Waals surface area contributed by atoms with Crippen LogP contribution < -0.4 is 5.73 Å². The van der Waals surface area contributed by atoms with E-state index >= 15 is 0 Å². The number of hydrogen-bond donors (Lipinski definition) is 1. The Morgan fingerprint density at radius 2 is 2.44 bits per heavy atom. The number of hydrogen-bond acceptors (Lipinski definition) is 4. The van der Waals surface area contributed by atoms with Crippen LogP contribution in [0.1, 0.15) is 18.4 Å². The first kappa shape index (κ1) is 13.0. The van der Waals surface area contributed by atoms with Crippen LogP contribution in [0.2, 0.25) is 0 Å². The number of pyridine rings is 1. The van der Waals surface area contributed by atoms with E-state index in [9.17, 15) is 4.79 Å². The topological polar surface area (TPSA) is 68.5 Å². The van der Waals surface area contributed by atoms with Crippen molar-refractivity contribution in [1.82, 2.24) is 9.88 Å². The summed E-state index contributed by atoms with van der Waals surface area (Å²) in [5, 5.41) is 0. The third-order valence-corrected chi connectivity index (χ3v) is 3.12. The van der Waals surface area contributed by atoms with Gasteiger partial charge in [-0.3, -0.25) is 9.78 Å². The second-order valence-corrected chi connectivity index (χ2v) is 4.52. The molecule has 98 valence electrons. The molecule has 1 atom stereocenters. The summed E-state index contributed by atoms with van der Waals surface area (Å²) in [5.74, 6) is -0.0219.